The van der Waals surface area contributed by atoms with E-state index in [-0.39, 0.29) is 0 Å². The average molecular weight is 251 g/mol. The summed E-state index contributed by atoms with van der Waals surface area (Å²) in [5, 5.41) is 3.14. The van der Waals surface area contributed by atoms with Crippen molar-refractivity contribution in [2.45, 2.75) is 25.9 Å². The molecule has 0 bridgehead atoms. The molecule has 0 amide bonds. The SMILES string of the molecule is CNCCCCCOCc1ccc2c(c1)OCO2. The van der Waals surface area contributed by atoms with E-state index in [1.807, 2.05) is 25.2 Å². The third-order valence-electron chi connectivity index (χ3n) is 2.92. The number of nitrogens with one attached hydrogen (secondary N) is 1. The molecule has 4 heteroatoms. The van der Waals surface area contributed by atoms with Crippen molar-refractivity contribution in [3.8, 4) is 11.5 Å². The largest absolute Gasteiger partial charge is 0.454 e. The number of fused-ring (bicyclic) bond motifs is 1. The molecule has 1 N–H and O–H groups in total. The van der Waals surface area contributed by atoms with Gasteiger partial charge in [0, 0.05) is 6.61 Å². The van der Waals surface area contributed by atoms with Gasteiger partial charge in [-0.15, -0.1) is 0 Å². The average Bonchev–Trinajstić information content (AvgIpc) is 2.85. The predicted molar refractivity (Wildman–Crippen MR) is 70.0 cm³/mol. The van der Waals surface area contributed by atoms with Crippen LogP contribution in [0.15, 0.2) is 18.2 Å². The molecule has 0 fully saturated rings. The van der Waals surface area contributed by atoms with Gasteiger partial charge in [-0.2, -0.15) is 0 Å². The zero-order chi connectivity index (χ0) is 12.6. The first kappa shape index (κ1) is 13.2. The normalized spacial score (nSPS) is 12.9. The van der Waals surface area contributed by atoms with Crippen LogP contribution in [0.5, 0.6) is 11.5 Å². The molecule has 0 spiro atoms. The molecule has 1 heterocycles. The summed E-state index contributed by atoms with van der Waals surface area (Å²) in [6, 6.07) is 5.95. The maximum absolute atomic E-state index is 5.64. The van der Waals surface area contributed by atoms with Crippen LogP contribution in [0.25, 0.3) is 0 Å². The molecule has 0 radical (unpaired) electrons. The van der Waals surface area contributed by atoms with Gasteiger partial charge in [-0.1, -0.05) is 6.07 Å². The Morgan fingerprint density at radius 2 is 2.06 bits per heavy atom. The number of benzene rings is 1. The molecule has 0 atom stereocenters. The van der Waals surface area contributed by atoms with Crippen LogP contribution in [0.1, 0.15) is 24.8 Å². The minimum atomic E-state index is 0.325. The molecule has 0 aliphatic carbocycles. The smallest absolute Gasteiger partial charge is 0.231 e. The molecule has 2 rings (SSSR count). The van der Waals surface area contributed by atoms with Gasteiger partial charge >= 0.3 is 0 Å². The summed E-state index contributed by atoms with van der Waals surface area (Å²) in [5.41, 5.74) is 1.13. The number of ether oxygens (including phenoxy) is 3. The fourth-order valence-electron chi connectivity index (χ4n) is 1.90. The summed E-state index contributed by atoms with van der Waals surface area (Å²) in [4.78, 5) is 0. The van der Waals surface area contributed by atoms with E-state index in [2.05, 4.69) is 5.32 Å². The van der Waals surface area contributed by atoms with Gasteiger partial charge in [0.1, 0.15) is 0 Å². The van der Waals surface area contributed by atoms with Crippen molar-refractivity contribution < 1.29 is 14.2 Å². The van der Waals surface area contributed by atoms with Crippen LogP contribution in [0, 0.1) is 0 Å². The number of rotatable bonds is 8. The summed E-state index contributed by atoms with van der Waals surface area (Å²) < 4.78 is 16.2. The first-order valence-corrected chi connectivity index (χ1v) is 6.51. The van der Waals surface area contributed by atoms with Crippen LogP contribution in [-0.2, 0) is 11.3 Å². The Bertz CT molecular complexity index is 368. The molecule has 100 valence electrons. The number of hydrogen-bond acceptors (Lipinski definition) is 4. The molecule has 1 aliphatic heterocycles. The van der Waals surface area contributed by atoms with Crippen molar-refractivity contribution in [2.75, 3.05) is 27.0 Å². The molecule has 1 aromatic rings. The Hall–Kier alpha value is -1.26. The Morgan fingerprint density at radius 1 is 1.17 bits per heavy atom. The predicted octanol–water partition coefficient (Wildman–Crippen LogP) is 2.32. The molecular weight excluding hydrogens is 230 g/mol. The highest BCUT2D eigenvalue weighted by atomic mass is 16.7. The van der Waals surface area contributed by atoms with E-state index < -0.39 is 0 Å². The van der Waals surface area contributed by atoms with Crippen LogP contribution in [0.3, 0.4) is 0 Å². The monoisotopic (exact) mass is 251 g/mol. The lowest BCUT2D eigenvalue weighted by molar-refractivity contribution is 0.116. The lowest BCUT2D eigenvalue weighted by Crippen LogP contribution is -2.07. The molecule has 18 heavy (non-hydrogen) atoms. The lowest BCUT2D eigenvalue weighted by Gasteiger charge is -2.05. The summed E-state index contributed by atoms with van der Waals surface area (Å²) in [6.45, 7) is 2.87. The van der Waals surface area contributed by atoms with E-state index in [0.29, 0.717) is 13.4 Å². The Morgan fingerprint density at radius 3 is 2.94 bits per heavy atom. The summed E-state index contributed by atoms with van der Waals surface area (Å²) in [5.74, 6) is 1.65. The number of hydrogen-bond donors (Lipinski definition) is 1. The zero-order valence-electron chi connectivity index (χ0n) is 10.9. The van der Waals surface area contributed by atoms with E-state index in [1.165, 1.54) is 12.8 Å². The first-order valence-electron chi connectivity index (χ1n) is 6.51. The third kappa shape index (κ3) is 3.89. The van der Waals surface area contributed by atoms with Crippen LogP contribution in [0.4, 0.5) is 0 Å². The Labute approximate surface area is 108 Å². The quantitative estimate of drug-likeness (QED) is 0.720. The maximum atomic E-state index is 5.64. The van der Waals surface area contributed by atoms with E-state index >= 15 is 0 Å². The molecule has 1 aliphatic rings. The van der Waals surface area contributed by atoms with Gasteiger partial charge in [0.05, 0.1) is 6.61 Å². The summed E-state index contributed by atoms with van der Waals surface area (Å²) in [7, 11) is 1.98. The Kier molecular flexibility index (Phi) is 5.30. The van der Waals surface area contributed by atoms with Crippen molar-refractivity contribution in [2.24, 2.45) is 0 Å². The van der Waals surface area contributed by atoms with Crippen molar-refractivity contribution in [1.82, 2.24) is 5.32 Å². The molecule has 0 saturated heterocycles. The van der Waals surface area contributed by atoms with Gasteiger partial charge in [0.25, 0.3) is 0 Å². The van der Waals surface area contributed by atoms with Gasteiger partial charge in [0.15, 0.2) is 11.5 Å². The fourth-order valence-corrected chi connectivity index (χ4v) is 1.90. The van der Waals surface area contributed by atoms with E-state index in [9.17, 15) is 0 Å². The highest BCUT2D eigenvalue weighted by Crippen LogP contribution is 2.32. The number of unbranched alkanes of at least 4 members (excludes halogenated alkanes) is 2. The van der Waals surface area contributed by atoms with Crippen molar-refractivity contribution in [1.29, 1.82) is 0 Å². The highest BCUT2D eigenvalue weighted by molar-refractivity contribution is 5.44. The molecule has 1 aromatic carbocycles. The van der Waals surface area contributed by atoms with Gasteiger partial charge in [0.2, 0.25) is 6.79 Å². The molecule has 4 nitrogen and oxygen atoms in total. The summed E-state index contributed by atoms with van der Waals surface area (Å²) >= 11 is 0. The van der Waals surface area contributed by atoms with Crippen molar-refractivity contribution >= 4 is 0 Å². The molecular formula is C14H21NO3. The second kappa shape index (κ2) is 7.24. The zero-order valence-corrected chi connectivity index (χ0v) is 10.9. The van der Waals surface area contributed by atoms with Gasteiger partial charge in [-0.05, 0) is 50.6 Å². The van der Waals surface area contributed by atoms with Gasteiger partial charge in [-0.3, -0.25) is 0 Å². The second-order valence-corrected chi connectivity index (χ2v) is 4.40. The highest BCUT2D eigenvalue weighted by Gasteiger charge is 2.12. The fraction of sp³-hybridized carbons (Fsp3) is 0.571. The van der Waals surface area contributed by atoms with E-state index in [0.717, 1.165) is 36.6 Å². The molecule has 0 saturated carbocycles. The van der Waals surface area contributed by atoms with E-state index in [4.69, 9.17) is 14.2 Å². The first-order chi connectivity index (χ1) is 8.90. The van der Waals surface area contributed by atoms with Gasteiger partial charge in [-0.25, -0.2) is 0 Å². The maximum Gasteiger partial charge on any atom is 0.231 e. The summed E-state index contributed by atoms with van der Waals surface area (Å²) in [6.07, 6.45) is 3.54. The minimum absolute atomic E-state index is 0.325. The van der Waals surface area contributed by atoms with E-state index in [1.54, 1.807) is 0 Å². The Balaban J connectivity index is 1.62. The topological polar surface area (TPSA) is 39.7 Å². The molecule has 0 unspecified atom stereocenters. The van der Waals surface area contributed by atoms with Gasteiger partial charge < -0.3 is 19.5 Å². The van der Waals surface area contributed by atoms with Crippen molar-refractivity contribution in [3.05, 3.63) is 23.8 Å². The van der Waals surface area contributed by atoms with Crippen LogP contribution >= 0.6 is 0 Å². The van der Waals surface area contributed by atoms with Crippen LogP contribution < -0.4 is 14.8 Å². The van der Waals surface area contributed by atoms with Crippen LogP contribution in [-0.4, -0.2) is 27.0 Å². The standard InChI is InChI=1S/C14H21NO3/c1-15-7-3-2-4-8-16-10-12-5-6-13-14(9-12)18-11-17-13/h5-6,9,15H,2-4,7-8,10-11H2,1H3. The third-order valence-corrected chi connectivity index (χ3v) is 2.92. The second-order valence-electron chi connectivity index (χ2n) is 4.40. The molecule has 0 aromatic heterocycles. The van der Waals surface area contributed by atoms with Crippen molar-refractivity contribution in [3.63, 3.8) is 0 Å². The van der Waals surface area contributed by atoms with Crippen LogP contribution in [0.2, 0.25) is 0 Å². The lowest BCUT2D eigenvalue weighted by atomic mass is 10.2. The minimum Gasteiger partial charge on any atom is -0.454 e.